The second-order valence-corrected chi connectivity index (χ2v) is 4.31. The van der Waals surface area contributed by atoms with Crippen molar-refractivity contribution in [3.05, 3.63) is 30.1 Å². The van der Waals surface area contributed by atoms with Crippen molar-refractivity contribution in [2.24, 2.45) is 0 Å². The third-order valence-corrected chi connectivity index (χ3v) is 2.71. The Morgan fingerprint density at radius 3 is 3.00 bits per heavy atom. The number of amides is 1. The number of carbonyl (C=O) groups is 1. The maximum atomic E-state index is 13.1. The van der Waals surface area contributed by atoms with Crippen LogP contribution >= 0.6 is 0 Å². The molecule has 0 aliphatic rings. The molecular weight excluding hydrogens is 263 g/mol. The van der Waals surface area contributed by atoms with E-state index < -0.39 is 11.9 Å². The van der Waals surface area contributed by atoms with E-state index in [0.29, 0.717) is 17.5 Å². The Morgan fingerprint density at radius 1 is 1.45 bits per heavy atom. The van der Waals surface area contributed by atoms with Crippen LogP contribution in [0.2, 0.25) is 0 Å². The molecule has 2 N–H and O–H groups in total. The van der Waals surface area contributed by atoms with E-state index >= 15 is 0 Å². The highest BCUT2D eigenvalue weighted by Crippen LogP contribution is 2.26. The predicted molar refractivity (Wildman–Crippen MR) is 73.2 cm³/mol. The fourth-order valence-corrected chi connectivity index (χ4v) is 1.67. The summed E-state index contributed by atoms with van der Waals surface area (Å²) in [5, 5.41) is 12.6. The molecule has 106 valence electrons. The van der Waals surface area contributed by atoms with Crippen LogP contribution in [0.15, 0.2) is 24.3 Å². The zero-order valence-electron chi connectivity index (χ0n) is 11.0. The van der Waals surface area contributed by atoms with Gasteiger partial charge in [0.25, 0.3) is 0 Å². The summed E-state index contributed by atoms with van der Waals surface area (Å²) in [4.78, 5) is 15.5. The highest BCUT2D eigenvalue weighted by molar-refractivity contribution is 5.89. The van der Waals surface area contributed by atoms with Crippen LogP contribution in [0.3, 0.4) is 0 Å². The van der Waals surface area contributed by atoms with E-state index in [1.54, 1.807) is 0 Å². The standard InChI is InChI=1S/C14H15FN2O3/c1-2-3-6-20-14(19)17-13-12(18)8-9-7-10(15)4-5-11(9)16-13/h4-5,7-8,18H,2-3,6H2,1H3,(H,16,17,19). The minimum absolute atomic E-state index is 0.00870. The van der Waals surface area contributed by atoms with E-state index in [1.165, 1.54) is 24.3 Å². The van der Waals surface area contributed by atoms with Gasteiger partial charge >= 0.3 is 6.09 Å². The summed E-state index contributed by atoms with van der Waals surface area (Å²) in [6.07, 6.45) is 1.00. The zero-order valence-corrected chi connectivity index (χ0v) is 11.0. The Labute approximate surface area is 115 Å². The topological polar surface area (TPSA) is 71.5 Å². The van der Waals surface area contributed by atoms with Crippen molar-refractivity contribution in [3.8, 4) is 5.75 Å². The minimum atomic E-state index is -0.678. The Kier molecular flexibility index (Phi) is 4.34. The first-order valence-corrected chi connectivity index (χ1v) is 6.33. The first-order valence-electron chi connectivity index (χ1n) is 6.33. The lowest BCUT2D eigenvalue weighted by atomic mass is 10.2. The molecule has 0 bridgehead atoms. The predicted octanol–water partition coefficient (Wildman–Crippen LogP) is 3.43. The smallest absolute Gasteiger partial charge is 0.412 e. The Balaban J connectivity index is 2.15. The molecule has 1 heterocycles. The maximum Gasteiger partial charge on any atom is 0.412 e. The zero-order chi connectivity index (χ0) is 14.5. The van der Waals surface area contributed by atoms with Gasteiger partial charge in [-0.2, -0.15) is 0 Å². The number of aromatic hydroxyl groups is 1. The lowest BCUT2D eigenvalue weighted by molar-refractivity contribution is 0.159. The van der Waals surface area contributed by atoms with Crippen LogP contribution < -0.4 is 5.32 Å². The molecule has 0 saturated heterocycles. The Morgan fingerprint density at radius 2 is 2.25 bits per heavy atom. The molecule has 0 spiro atoms. The molecule has 1 aromatic carbocycles. The van der Waals surface area contributed by atoms with Gasteiger partial charge in [0.1, 0.15) is 5.82 Å². The van der Waals surface area contributed by atoms with Crippen molar-refractivity contribution in [1.29, 1.82) is 0 Å². The number of carbonyl (C=O) groups excluding carboxylic acids is 1. The number of pyridine rings is 1. The van der Waals surface area contributed by atoms with E-state index in [9.17, 15) is 14.3 Å². The number of hydrogen-bond acceptors (Lipinski definition) is 4. The molecule has 0 unspecified atom stereocenters. The first kappa shape index (κ1) is 14.0. The van der Waals surface area contributed by atoms with Gasteiger partial charge in [0.05, 0.1) is 12.1 Å². The molecule has 2 rings (SSSR count). The average molecular weight is 278 g/mol. The lowest BCUT2D eigenvalue weighted by Gasteiger charge is -2.08. The minimum Gasteiger partial charge on any atom is -0.504 e. The van der Waals surface area contributed by atoms with Gasteiger partial charge in [0.2, 0.25) is 0 Å². The van der Waals surface area contributed by atoms with Crippen molar-refractivity contribution < 1.29 is 19.0 Å². The van der Waals surface area contributed by atoms with Crippen LogP contribution in [0, 0.1) is 5.82 Å². The second-order valence-electron chi connectivity index (χ2n) is 4.31. The summed E-state index contributed by atoms with van der Waals surface area (Å²) >= 11 is 0. The summed E-state index contributed by atoms with van der Waals surface area (Å²) in [6, 6.07) is 5.33. The molecule has 6 heteroatoms. The number of hydrogen-bond donors (Lipinski definition) is 2. The van der Waals surface area contributed by atoms with Gasteiger partial charge in [-0.1, -0.05) is 13.3 Å². The number of nitrogens with zero attached hydrogens (tertiary/aromatic N) is 1. The summed E-state index contributed by atoms with van der Waals surface area (Å²) < 4.78 is 18.0. The number of anilines is 1. The molecule has 0 fully saturated rings. The van der Waals surface area contributed by atoms with Crippen molar-refractivity contribution in [1.82, 2.24) is 4.98 Å². The number of aromatic nitrogens is 1. The highest BCUT2D eigenvalue weighted by Gasteiger charge is 2.10. The third kappa shape index (κ3) is 3.34. The van der Waals surface area contributed by atoms with Crippen LogP contribution in [-0.4, -0.2) is 22.8 Å². The fourth-order valence-electron chi connectivity index (χ4n) is 1.67. The van der Waals surface area contributed by atoms with Crippen LogP contribution in [-0.2, 0) is 4.74 Å². The third-order valence-electron chi connectivity index (χ3n) is 2.71. The number of unbranched alkanes of at least 4 members (excludes halogenated alkanes) is 1. The molecule has 1 amide bonds. The largest absolute Gasteiger partial charge is 0.504 e. The number of halogens is 1. The number of benzene rings is 1. The van der Waals surface area contributed by atoms with E-state index in [1.807, 2.05) is 6.92 Å². The summed E-state index contributed by atoms with van der Waals surface area (Å²) in [5.41, 5.74) is 0.466. The van der Waals surface area contributed by atoms with Gasteiger partial charge in [-0.05, 0) is 30.7 Å². The number of ether oxygens (including phenoxy) is 1. The summed E-state index contributed by atoms with van der Waals surface area (Å²) in [6.45, 7) is 2.29. The van der Waals surface area contributed by atoms with Crippen LogP contribution in [0.5, 0.6) is 5.75 Å². The number of nitrogens with one attached hydrogen (secondary N) is 1. The Bertz CT molecular complexity index is 631. The monoisotopic (exact) mass is 278 g/mol. The van der Waals surface area contributed by atoms with Crippen molar-refractivity contribution in [2.75, 3.05) is 11.9 Å². The maximum absolute atomic E-state index is 13.1. The molecule has 0 radical (unpaired) electrons. The van der Waals surface area contributed by atoms with Crippen molar-refractivity contribution in [2.45, 2.75) is 19.8 Å². The molecule has 0 saturated carbocycles. The van der Waals surface area contributed by atoms with Crippen LogP contribution in [0.4, 0.5) is 15.0 Å². The number of fused-ring (bicyclic) bond motifs is 1. The molecular formula is C14H15FN2O3. The fraction of sp³-hybridized carbons (Fsp3) is 0.286. The van der Waals surface area contributed by atoms with Gasteiger partial charge in [-0.15, -0.1) is 0 Å². The number of rotatable bonds is 4. The van der Waals surface area contributed by atoms with E-state index in [4.69, 9.17) is 4.74 Å². The molecule has 0 aliphatic heterocycles. The normalized spacial score (nSPS) is 10.5. The van der Waals surface area contributed by atoms with Crippen LogP contribution in [0.25, 0.3) is 10.9 Å². The van der Waals surface area contributed by atoms with Gasteiger partial charge in [0.15, 0.2) is 11.6 Å². The van der Waals surface area contributed by atoms with Gasteiger partial charge in [0, 0.05) is 5.39 Å². The summed E-state index contributed by atoms with van der Waals surface area (Å²) in [5.74, 6) is -0.667. The molecule has 1 aromatic heterocycles. The SMILES string of the molecule is CCCCOC(=O)Nc1nc2ccc(F)cc2cc1O. The molecule has 2 aromatic rings. The first-order chi connectivity index (χ1) is 9.60. The summed E-state index contributed by atoms with van der Waals surface area (Å²) in [7, 11) is 0. The quantitative estimate of drug-likeness (QED) is 0.840. The van der Waals surface area contributed by atoms with Gasteiger partial charge in [-0.25, -0.2) is 14.2 Å². The van der Waals surface area contributed by atoms with E-state index in [0.717, 1.165) is 12.8 Å². The van der Waals surface area contributed by atoms with Gasteiger partial charge < -0.3 is 9.84 Å². The van der Waals surface area contributed by atoms with Gasteiger partial charge in [-0.3, -0.25) is 5.32 Å². The van der Waals surface area contributed by atoms with E-state index in [2.05, 4.69) is 10.3 Å². The Hall–Kier alpha value is -2.37. The van der Waals surface area contributed by atoms with Crippen LogP contribution in [0.1, 0.15) is 19.8 Å². The molecule has 5 nitrogen and oxygen atoms in total. The highest BCUT2D eigenvalue weighted by atomic mass is 19.1. The second kappa shape index (κ2) is 6.18. The van der Waals surface area contributed by atoms with E-state index in [-0.39, 0.29) is 11.6 Å². The molecule has 0 atom stereocenters. The lowest BCUT2D eigenvalue weighted by Crippen LogP contribution is -2.15. The van der Waals surface area contributed by atoms with Crippen molar-refractivity contribution in [3.63, 3.8) is 0 Å². The average Bonchev–Trinajstić information content (AvgIpc) is 2.40. The molecule has 0 aliphatic carbocycles. The molecule has 20 heavy (non-hydrogen) atoms. The van der Waals surface area contributed by atoms with Crippen molar-refractivity contribution >= 4 is 22.8 Å².